The fraction of sp³-hybridized carbons (Fsp3) is 0.400. The maximum atomic E-state index is 8.88. The zero-order valence-corrected chi connectivity index (χ0v) is 7.83. The summed E-state index contributed by atoms with van der Waals surface area (Å²) in [5.74, 6) is 5.58. The first-order valence-electron chi connectivity index (χ1n) is 4.42. The highest BCUT2D eigenvalue weighted by Crippen LogP contribution is 2.13. The Labute approximate surface area is 78.5 Å². The first kappa shape index (κ1) is 10.0. The van der Waals surface area contributed by atoms with Gasteiger partial charge < -0.3 is 10.5 Å². The van der Waals surface area contributed by atoms with Gasteiger partial charge in [-0.1, -0.05) is 19.1 Å². The van der Waals surface area contributed by atoms with Gasteiger partial charge in [0, 0.05) is 12.3 Å². The molecule has 0 aliphatic carbocycles. The van der Waals surface area contributed by atoms with E-state index >= 15 is 0 Å². The van der Waals surface area contributed by atoms with Gasteiger partial charge in [-0.2, -0.15) is 0 Å². The van der Waals surface area contributed by atoms with Gasteiger partial charge in [0.15, 0.2) is 0 Å². The third kappa shape index (κ3) is 3.05. The number of nitrogens with two attached hydrogens (primary N) is 1. The minimum Gasteiger partial charge on any atom is -0.396 e. The molecule has 72 valence electrons. The number of benzene rings is 1. The van der Waals surface area contributed by atoms with Gasteiger partial charge in [-0.05, 0) is 30.0 Å². The second kappa shape index (κ2) is 4.84. The summed E-state index contributed by atoms with van der Waals surface area (Å²) in [6.45, 7) is 2.24. The third-order valence-electron chi connectivity index (χ3n) is 1.99. The molecule has 1 unspecified atom stereocenters. The van der Waals surface area contributed by atoms with Crippen LogP contribution in [-0.4, -0.2) is 11.7 Å². The van der Waals surface area contributed by atoms with Crippen LogP contribution in [0.15, 0.2) is 24.3 Å². The van der Waals surface area contributed by atoms with Crippen molar-refractivity contribution in [1.29, 1.82) is 0 Å². The van der Waals surface area contributed by atoms with Crippen molar-refractivity contribution in [3.63, 3.8) is 0 Å². The monoisotopic (exact) mass is 180 g/mol. The molecule has 1 atom stereocenters. The minimum absolute atomic E-state index is 0.223. The molecular formula is C10H16N2O. The molecule has 0 radical (unpaired) electrons. The van der Waals surface area contributed by atoms with E-state index in [0.717, 1.165) is 12.1 Å². The van der Waals surface area contributed by atoms with E-state index in [9.17, 15) is 0 Å². The molecule has 1 rings (SSSR count). The van der Waals surface area contributed by atoms with Crippen LogP contribution < -0.4 is 11.3 Å². The van der Waals surface area contributed by atoms with Crippen LogP contribution in [0.1, 0.15) is 12.5 Å². The summed E-state index contributed by atoms with van der Waals surface area (Å²) in [5, 5.41) is 8.88. The molecule has 0 aromatic heterocycles. The number of aliphatic hydroxyl groups excluding tert-OH is 1. The van der Waals surface area contributed by atoms with Crippen LogP contribution in [-0.2, 0) is 6.42 Å². The van der Waals surface area contributed by atoms with Gasteiger partial charge in [0.25, 0.3) is 0 Å². The Morgan fingerprint density at radius 2 is 2.31 bits per heavy atom. The summed E-state index contributed by atoms with van der Waals surface area (Å²) in [6.07, 6.45) is 0.881. The number of anilines is 1. The Morgan fingerprint density at radius 3 is 2.92 bits per heavy atom. The largest absolute Gasteiger partial charge is 0.396 e. The Bertz CT molecular complexity index is 263. The van der Waals surface area contributed by atoms with Crippen LogP contribution >= 0.6 is 0 Å². The molecule has 3 nitrogen and oxygen atoms in total. The van der Waals surface area contributed by atoms with E-state index in [0.29, 0.717) is 5.92 Å². The van der Waals surface area contributed by atoms with E-state index < -0.39 is 0 Å². The molecule has 0 saturated carbocycles. The second-order valence-electron chi connectivity index (χ2n) is 3.34. The molecule has 4 N–H and O–H groups in total. The van der Waals surface area contributed by atoms with Crippen LogP contribution in [0.2, 0.25) is 0 Å². The van der Waals surface area contributed by atoms with E-state index in [4.69, 9.17) is 10.9 Å². The summed E-state index contributed by atoms with van der Waals surface area (Å²) in [7, 11) is 0. The van der Waals surface area contributed by atoms with Gasteiger partial charge in [-0.25, -0.2) is 0 Å². The van der Waals surface area contributed by atoms with Crippen LogP contribution in [0.25, 0.3) is 0 Å². The summed E-state index contributed by atoms with van der Waals surface area (Å²) in [5.41, 5.74) is 4.69. The summed E-state index contributed by atoms with van der Waals surface area (Å²) in [6, 6.07) is 7.89. The zero-order valence-electron chi connectivity index (χ0n) is 7.83. The fourth-order valence-electron chi connectivity index (χ4n) is 1.26. The van der Waals surface area contributed by atoms with Crippen LogP contribution in [0, 0.1) is 5.92 Å². The smallest absolute Gasteiger partial charge is 0.0487 e. The maximum Gasteiger partial charge on any atom is 0.0487 e. The van der Waals surface area contributed by atoms with Crippen molar-refractivity contribution in [2.45, 2.75) is 13.3 Å². The van der Waals surface area contributed by atoms with Gasteiger partial charge in [0.1, 0.15) is 0 Å². The predicted octanol–water partition coefficient (Wildman–Crippen LogP) is 1.14. The normalized spacial score (nSPS) is 12.5. The maximum absolute atomic E-state index is 8.88. The molecule has 0 aliphatic rings. The van der Waals surface area contributed by atoms with Crippen LogP contribution in [0.4, 0.5) is 5.69 Å². The highest BCUT2D eigenvalue weighted by atomic mass is 16.3. The number of nitrogens with one attached hydrogen (secondary N) is 1. The number of rotatable bonds is 4. The fourth-order valence-corrected chi connectivity index (χ4v) is 1.26. The lowest BCUT2D eigenvalue weighted by Gasteiger charge is -2.08. The molecule has 3 heteroatoms. The number of hydrogen-bond donors (Lipinski definition) is 3. The lowest BCUT2D eigenvalue weighted by atomic mass is 10.0. The highest BCUT2D eigenvalue weighted by Gasteiger charge is 2.01. The Morgan fingerprint density at radius 1 is 1.54 bits per heavy atom. The van der Waals surface area contributed by atoms with Crippen molar-refractivity contribution in [1.82, 2.24) is 0 Å². The Balaban J connectivity index is 2.66. The summed E-state index contributed by atoms with van der Waals surface area (Å²) >= 11 is 0. The Kier molecular flexibility index (Phi) is 3.73. The Hall–Kier alpha value is -1.06. The molecule has 0 heterocycles. The molecule has 0 spiro atoms. The van der Waals surface area contributed by atoms with Crippen molar-refractivity contribution in [2.75, 3.05) is 12.0 Å². The first-order chi connectivity index (χ1) is 6.26. The van der Waals surface area contributed by atoms with E-state index in [1.165, 1.54) is 5.56 Å². The highest BCUT2D eigenvalue weighted by molar-refractivity contribution is 5.44. The van der Waals surface area contributed by atoms with Gasteiger partial charge in [-0.15, -0.1) is 0 Å². The van der Waals surface area contributed by atoms with Crippen LogP contribution in [0.5, 0.6) is 0 Å². The van der Waals surface area contributed by atoms with Gasteiger partial charge in [0.2, 0.25) is 0 Å². The van der Waals surface area contributed by atoms with Crippen molar-refractivity contribution < 1.29 is 5.11 Å². The number of hydrazine groups is 1. The predicted molar refractivity (Wildman–Crippen MR) is 54.2 cm³/mol. The van der Waals surface area contributed by atoms with Crippen LogP contribution in [0.3, 0.4) is 0 Å². The molecule has 0 saturated heterocycles. The molecule has 13 heavy (non-hydrogen) atoms. The average Bonchev–Trinajstić information content (AvgIpc) is 2.18. The standard InChI is InChI=1S/C10H16N2O/c1-8(7-13)5-9-3-2-4-10(6-9)12-11/h2-4,6,8,12-13H,5,7,11H2,1H3. The second-order valence-corrected chi connectivity index (χ2v) is 3.34. The van der Waals surface area contributed by atoms with E-state index in [1.807, 2.05) is 31.2 Å². The molecule has 1 aromatic rings. The third-order valence-corrected chi connectivity index (χ3v) is 1.99. The number of aliphatic hydroxyl groups is 1. The number of nitrogen functional groups attached to an aromatic ring is 1. The molecule has 0 aliphatic heterocycles. The molecule has 0 amide bonds. The van der Waals surface area contributed by atoms with Gasteiger partial charge in [0.05, 0.1) is 0 Å². The molecular weight excluding hydrogens is 164 g/mol. The average molecular weight is 180 g/mol. The van der Waals surface area contributed by atoms with Gasteiger partial charge >= 0.3 is 0 Å². The van der Waals surface area contributed by atoms with E-state index in [-0.39, 0.29) is 6.61 Å². The van der Waals surface area contributed by atoms with Gasteiger partial charge in [-0.3, -0.25) is 5.84 Å². The molecule has 0 fully saturated rings. The summed E-state index contributed by atoms with van der Waals surface area (Å²) in [4.78, 5) is 0. The summed E-state index contributed by atoms with van der Waals surface area (Å²) < 4.78 is 0. The van der Waals surface area contributed by atoms with E-state index in [2.05, 4.69) is 5.43 Å². The van der Waals surface area contributed by atoms with Crippen molar-refractivity contribution in [3.8, 4) is 0 Å². The lowest BCUT2D eigenvalue weighted by molar-refractivity contribution is 0.237. The lowest BCUT2D eigenvalue weighted by Crippen LogP contribution is -2.08. The molecule has 1 aromatic carbocycles. The van der Waals surface area contributed by atoms with E-state index in [1.54, 1.807) is 0 Å². The SMILES string of the molecule is CC(CO)Cc1cccc(NN)c1. The first-order valence-corrected chi connectivity index (χ1v) is 4.42. The van der Waals surface area contributed by atoms with Crippen molar-refractivity contribution in [3.05, 3.63) is 29.8 Å². The quantitative estimate of drug-likeness (QED) is 0.481. The minimum atomic E-state index is 0.223. The zero-order chi connectivity index (χ0) is 9.68. The topological polar surface area (TPSA) is 58.3 Å². The van der Waals surface area contributed by atoms with Crippen molar-refractivity contribution >= 4 is 5.69 Å². The molecule has 0 bridgehead atoms. The van der Waals surface area contributed by atoms with Crippen molar-refractivity contribution in [2.24, 2.45) is 11.8 Å². The number of hydrogen-bond acceptors (Lipinski definition) is 3.